The van der Waals surface area contributed by atoms with Gasteiger partial charge in [-0.05, 0) is 38.8 Å². The van der Waals surface area contributed by atoms with Crippen molar-refractivity contribution in [2.24, 2.45) is 5.92 Å². The van der Waals surface area contributed by atoms with E-state index in [0.717, 1.165) is 30.6 Å². The fourth-order valence-corrected chi connectivity index (χ4v) is 2.68. The Kier molecular flexibility index (Phi) is 5.26. The lowest BCUT2D eigenvalue weighted by Crippen LogP contribution is -2.13. The van der Waals surface area contributed by atoms with Crippen LogP contribution in [0.1, 0.15) is 49.2 Å². The van der Waals surface area contributed by atoms with Crippen molar-refractivity contribution in [2.75, 3.05) is 13.7 Å². The first-order valence-corrected chi connectivity index (χ1v) is 7.10. The summed E-state index contributed by atoms with van der Waals surface area (Å²) >= 11 is 0. The van der Waals surface area contributed by atoms with Crippen LogP contribution in [0.5, 0.6) is 0 Å². The molecule has 1 heterocycles. The molecule has 1 fully saturated rings. The summed E-state index contributed by atoms with van der Waals surface area (Å²) in [6, 6.07) is 2.10. The van der Waals surface area contributed by atoms with Crippen LogP contribution < -0.4 is 5.32 Å². The number of rotatable bonds is 6. The molecule has 0 radical (unpaired) electrons. The molecule has 3 heteroatoms. The van der Waals surface area contributed by atoms with E-state index >= 15 is 0 Å². The lowest BCUT2D eigenvalue weighted by molar-refractivity contribution is 0.0732. The molecule has 1 aliphatic rings. The van der Waals surface area contributed by atoms with Gasteiger partial charge in [0.05, 0.1) is 13.2 Å². The third-order valence-corrected chi connectivity index (χ3v) is 3.76. The van der Waals surface area contributed by atoms with E-state index in [1.165, 1.54) is 37.7 Å². The normalized spacial score (nSPS) is 17.2. The molecule has 0 aromatic carbocycles. The van der Waals surface area contributed by atoms with Gasteiger partial charge in [-0.3, -0.25) is 0 Å². The first-order valence-electron chi connectivity index (χ1n) is 7.10. The highest BCUT2D eigenvalue weighted by Gasteiger charge is 2.14. The van der Waals surface area contributed by atoms with Gasteiger partial charge < -0.3 is 14.5 Å². The van der Waals surface area contributed by atoms with Gasteiger partial charge >= 0.3 is 0 Å². The molecule has 1 aliphatic carbocycles. The van der Waals surface area contributed by atoms with Gasteiger partial charge in [-0.2, -0.15) is 0 Å². The molecule has 0 unspecified atom stereocenters. The van der Waals surface area contributed by atoms with Gasteiger partial charge in [0.2, 0.25) is 0 Å². The van der Waals surface area contributed by atoms with Crippen LogP contribution in [0.2, 0.25) is 0 Å². The molecule has 0 bridgehead atoms. The van der Waals surface area contributed by atoms with E-state index in [1.807, 2.05) is 14.0 Å². The van der Waals surface area contributed by atoms with E-state index < -0.39 is 0 Å². The third kappa shape index (κ3) is 3.85. The second kappa shape index (κ2) is 6.95. The molecule has 0 amide bonds. The van der Waals surface area contributed by atoms with Crippen molar-refractivity contribution in [3.05, 3.63) is 23.2 Å². The number of hydrogen-bond donors (Lipinski definition) is 1. The largest absolute Gasteiger partial charge is 0.465 e. The first-order chi connectivity index (χ1) is 8.79. The Morgan fingerprint density at radius 2 is 2.11 bits per heavy atom. The van der Waals surface area contributed by atoms with Crippen LogP contribution in [-0.4, -0.2) is 13.7 Å². The molecule has 0 spiro atoms. The van der Waals surface area contributed by atoms with E-state index in [2.05, 4.69) is 11.4 Å². The summed E-state index contributed by atoms with van der Waals surface area (Å²) in [5, 5.41) is 3.10. The number of hydrogen-bond acceptors (Lipinski definition) is 3. The third-order valence-electron chi connectivity index (χ3n) is 3.76. The molecule has 0 atom stereocenters. The number of aryl methyl sites for hydroxylation is 1. The van der Waals surface area contributed by atoms with Crippen molar-refractivity contribution in [3.8, 4) is 0 Å². The predicted octanol–water partition coefficient (Wildman–Crippen LogP) is 3.40. The van der Waals surface area contributed by atoms with Crippen LogP contribution in [0.25, 0.3) is 0 Å². The maximum absolute atomic E-state index is 5.85. The lowest BCUT2D eigenvalue weighted by Gasteiger charge is -2.21. The number of nitrogens with one attached hydrogen (secondary N) is 1. The zero-order chi connectivity index (χ0) is 12.8. The molecule has 2 rings (SSSR count). The monoisotopic (exact) mass is 251 g/mol. The van der Waals surface area contributed by atoms with Gasteiger partial charge in [-0.1, -0.05) is 19.3 Å². The molecule has 0 saturated heterocycles. The van der Waals surface area contributed by atoms with Crippen molar-refractivity contribution in [1.29, 1.82) is 0 Å². The SMILES string of the molecule is CNCc1cc(COCC2CCCCC2)c(C)o1. The van der Waals surface area contributed by atoms with Crippen molar-refractivity contribution in [3.63, 3.8) is 0 Å². The first kappa shape index (κ1) is 13.6. The fraction of sp³-hybridized carbons (Fsp3) is 0.733. The van der Waals surface area contributed by atoms with Crippen LogP contribution in [0.4, 0.5) is 0 Å². The molecule has 1 saturated carbocycles. The summed E-state index contributed by atoms with van der Waals surface area (Å²) in [5.41, 5.74) is 1.19. The summed E-state index contributed by atoms with van der Waals surface area (Å²) < 4.78 is 11.5. The molecule has 3 nitrogen and oxygen atoms in total. The summed E-state index contributed by atoms with van der Waals surface area (Å²) in [6.45, 7) is 4.39. The van der Waals surface area contributed by atoms with E-state index in [0.29, 0.717) is 6.61 Å². The van der Waals surface area contributed by atoms with E-state index in [1.54, 1.807) is 0 Å². The number of ether oxygens (including phenoxy) is 1. The summed E-state index contributed by atoms with van der Waals surface area (Å²) in [5.74, 6) is 2.76. The average molecular weight is 251 g/mol. The van der Waals surface area contributed by atoms with Crippen LogP contribution in [0.15, 0.2) is 10.5 Å². The Morgan fingerprint density at radius 3 is 2.83 bits per heavy atom. The van der Waals surface area contributed by atoms with Gasteiger partial charge in [-0.15, -0.1) is 0 Å². The second-order valence-corrected chi connectivity index (χ2v) is 5.34. The standard InChI is InChI=1S/C15H25NO2/c1-12-14(8-15(18-12)9-16-2)11-17-10-13-6-4-3-5-7-13/h8,13,16H,3-7,9-11H2,1-2H3. The zero-order valence-electron chi connectivity index (χ0n) is 11.6. The molecule has 102 valence electrons. The zero-order valence-corrected chi connectivity index (χ0v) is 11.6. The number of furan rings is 1. The molecular formula is C15H25NO2. The molecule has 1 aromatic rings. The Bertz CT molecular complexity index is 353. The van der Waals surface area contributed by atoms with Crippen molar-refractivity contribution in [1.82, 2.24) is 5.32 Å². The molecule has 18 heavy (non-hydrogen) atoms. The Balaban J connectivity index is 1.75. The Morgan fingerprint density at radius 1 is 1.33 bits per heavy atom. The van der Waals surface area contributed by atoms with E-state index in [4.69, 9.17) is 9.15 Å². The minimum atomic E-state index is 0.690. The van der Waals surface area contributed by atoms with Gasteiger partial charge in [0.15, 0.2) is 0 Å². The van der Waals surface area contributed by atoms with Crippen LogP contribution in [0.3, 0.4) is 0 Å². The van der Waals surface area contributed by atoms with Crippen molar-refractivity contribution < 1.29 is 9.15 Å². The van der Waals surface area contributed by atoms with Gasteiger partial charge in [0, 0.05) is 12.2 Å². The minimum Gasteiger partial charge on any atom is -0.465 e. The molecule has 1 aromatic heterocycles. The Hall–Kier alpha value is -0.800. The maximum atomic E-state index is 5.85. The van der Waals surface area contributed by atoms with Gasteiger partial charge in [0.1, 0.15) is 11.5 Å². The highest BCUT2D eigenvalue weighted by Crippen LogP contribution is 2.24. The maximum Gasteiger partial charge on any atom is 0.118 e. The van der Waals surface area contributed by atoms with E-state index in [9.17, 15) is 0 Å². The summed E-state index contributed by atoms with van der Waals surface area (Å²) in [7, 11) is 1.93. The predicted molar refractivity (Wildman–Crippen MR) is 72.4 cm³/mol. The van der Waals surface area contributed by atoms with Crippen molar-refractivity contribution in [2.45, 2.75) is 52.2 Å². The smallest absolute Gasteiger partial charge is 0.118 e. The molecular weight excluding hydrogens is 226 g/mol. The minimum absolute atomic E-state index is 0.690. The van der Waals surface area contributed by atoms with Gasteiger partial charge in [-0.25, -0.2) is 0 Å². The Labute approximate surface area is 110 Å². The average Bonchev–Trinajstić information content (AvgIpc) is 2.72. The fourth-order valence-electron chi connectivity index (χ4n) is 2.68. The van der Waals surface area contributed by atoms with Crippen LogP contribution in [-0.2, 0) is 17.9 Å². The molecule has 1 N–H and O–H groups in total. The van der Waals surface area contributed by atoms with Gasteiger partial charge in [0.25, 0.3) is 0 Å². The van der Waals surface area contributed by atoms with Crippen LogP contribution in [0, 0.1) is 12.8 Å². The highest BCUT2D eigenvalue weighted by atomic mass is 16.5. The quantitative estimate of drug-likeness (QED) is 0.841. The van der Waals surface area contributed by atoms with Crippen molar-refractivity contribution >= 4 is 0 Å². The highest BCUT2D eigenvalue weighted by molar-refractivity contribution is 5.19. The summed E-state index contributed by atoms with van der Waals surface area (Å²) in [4.78, 5) is 0. The topological polar surface area (TPSA) is 34.4 Å². The van der Waals surface area contributed by atoms with Crippen LogP contribution >= 0.6 is 0 Å². The summed E-state index contributed by atoms with van der Waals surface area (Å²) in [6.07, 6.45) is 6.85. The lowest BCUT2D eigenvalue weighted by atomic mass is 9.90. The van der Waals surface area contributed by atoms with E-state index in [-0.39, 0.29) is 0 Å². The molecule has 0 aliphatic heterocycles. The second-order valence-electron chi connectivity index (χ2n) is 5.34.